The summed E-state index contributed by atoms with van der Waals surface area (Å²) >= 11 is 26.0. The monoisotopic (exact) mass is 310 g/mol. The van der Waals surface area contributed by atoms with E-state index in [1.54, 1.807) is 18.2 Å². The van der Waals surface area contributed by atoms with Gasteiger partial charge in [0.2, 0.25) is 0 Å². The van der Waals surface area contributed by atoms with Gasteiger partial charge in [0.15, 0.2) is 0 Å². The molecule has 0 aliphatic carbocycles. The molecule has 0 aliphatic heterocycles. The molecule has 2 rings (SSSR count). The molecule has 0 saturated carbocycles. The van der Waals surface area contributed by atoms with E-state index in [1.165, 1.54) is 11.3 Å². The summed E-state index contributed by atoms with van der Waals surface area (Å²) in [7, 11) is 0. The van der Waals surface area contributed by atoms with Gasteiger partial charge in [-0.15, -0.1) is 22.9 Å². The summed E-state index contributed by atoms with van der Waals surface area (Å²) in [4.78, 5) is 0.860. The van der Waals surface area contributed by atoms with Crippen LogP contribution in [0, 0.1) is 0 Å². The molecule has 1 heterocycles. The lowest BCUT2D eigenvalue weighted by Gasteiger charge is -2.12. The van der Waals surface area contributed by atoms with E-state index in [4.69, 9.17) is 46.4 Å². The third kappa shape index (κ3) is 2.34. The Hall–Kier alpha value is 0.0800. The van der Waals surface area contributed by atoms with Crippen molar-refractivity contribution in [2.45, 2.75) is 5.38 Å². The number of alkyl halides is 1. The molecule has 0 N–H and O–H groups in total. The Morgan fingerprint density at radius 3 is 2.06 bits per heavy atom. The fourth-order valence-electron chi connectivity index (χ4n) is 1.37. The predicted molar refractivity (Wildman–Crippen MR) is 73.5 cm³/mol. The van der Waals surface area contributed by atoms with Crippen molar-refractivity contribution in [1.82, 2.24) is 0 Å². The van der Waals surface area contributed by atoms with Crippen molar-refractivity contribution in [3.63, 3.8) is 0 Å². The normalized spacial score (nSPS) is 12.8. The summed E-state index contributed by atoms with van der Waals surface area (Å²) in [6.07, 6.45) is 0. The molecule has 5 heteroatoms. The van der Waals surface area contributed by atoms with Gasteiger partial charge in [-0.3, -0.25) is 0 Å². The van der Waals surface area contributed by atoms with Crippen molar-refractivity contribution < 1.29 is 0 Å². The Kier molecular flexibility index (Phi) is 4.04. The molecule has 1 atom stereocenters. The Labute approximate surface area is 118 Å². The van der Waals surface area contributed by atoms with Gasteiger partial charge in [0.25, 0.3) is 0 Å². The van der Waals surface area contributed by atoms with Gasteiger partial charge in [0.1, 0.15) is 0 Å². The minimum absolute atomic E-state index is 0.409. The first-order valence-electron chi connectivity index (χ1n) is 4.42. The average molecular weight is 312 g/mol. The van der Waals surface area contributed by atoms with Crippen molar-refractivity contribution in [1.29, 1.82) is 0 Å². The van der Waals surface area contributed by atoms with Crippen LogP contribution in [0.25, 0.3) is 0 Å². The molecule has 0 spiro atoms. The standard InChI is InChI=1S/C11H6Cl4S/c12-6-2-1-3-7(13)9(6)10(15)11-8(14)4-5-16-11/h1-5,10H. The summed E-state index contributed by atoms with van der Waals surface area (Å²) in [6.45, 7) is 0. The fourth-order valence-corrected chi connectivity index (χ4v) is 3.81. The predicted octanol–water partition coefficient (Wildman–Crippen LogP) is 6.04. The van der Waals surface area contributed by atoms with Crippen molar-refractivity contribution in [2.24, 2.45) is 0 Å². The van der Waals surface area contributed by atoms with Gasteiger partial charge in [-0.05, 0) is 23.6 Å². The highest BCUT2D eigenvalue weighted by atomic mass is 35.5. The molecule has 1 aromatic heterocycles. The van der Waals surface area contributed by atoms with Gasteiger partial charge in [-0.2, -0.15) is 0 Å². The van der Waals surface area contributed by atoms with Gasteiger partial charge in [0.05, 0.1) is 10.4 Å². The Morgan fingerprint density at radius 2 is 1.56 bits per heavy atom. The maximum absolute atomic E-state index is 6.35. The molecule has 0 radical (unpaired) electrons. The van der Waals surface area contributed by atoms with E-state index < -0.39 is 5.38 Å². The van der Waals surface area contributed by atoms with Crippen molar-refractivity contribution in [2.75, 3.05) is 0 Å². The molecular weight excluding hydrogens is 306 g/mol. The summed E-state index contributed by atoms with van der Waals surface area (Å²) in [5, 5.41) is 3.22. The molecule has 0 nitrogen and oxygen atoms in total. The zero-order valence-electron chi connectivity index (χ0n) is 7.88. The highest BCUT2D eigenvalue weighted by molar-refractivity contribution is 7.11. The minimum Gasteiger partial charge on any atom is -0.145 e. The number of benzene rings is 1. The lowest BCUT2D eigenvalue weighted by Crippen LogP contribution is -1.93. The zero-order chi connectivity index (χ0) is 11.7. The molecular formula is C11H6Cl4S. The quantitative estimate of drug-likeness (QED) is 0.593. The van der Waals surface area contributed by atoms with E-state index >= 15 is 0 Å². The van der Waals surface area contributed by atoms with Crippen molar-refractivity contribution >= 4 is 57.7 Å². The summed E-state index contributed by atoms with van der Waals surface area (Å²) in [5.74, 6) is 0. The van der Waals surface area contributed by atoms with E-state index in [2.05, 4.69) is 0 Å². The topological polar surface area (TPSA) is 0 Å². The third-order valence-electron chi connectivity index (χ3n) is 2.13. The van der Waals surface area contributed by atoms with Crippen LogP contribution in [0.4, 0.5) is 0 Å². The lowest BCUT2D eigenvalue weighted by atomic mass is 10.1. The van der Waals surface area contributed by atoms with E-state index in [1.807, 2.05) is 11.4 Å². The molecule has 0 aliphatic rings. The Bertz CT molecular complexity index is 486. The second kappa shape index (κ2) is 5.16. The third-order valence-corrected chi connectivity index (χ3v) is 4.78. The smallest absolute Gasteiger partial charge is 0.0971 e. The maximum atomic E-state index is 6.35. The largest absolute Gasteiger partial charge is 0.145 e. The van der Waals surface area contributed by atoms with E-state index in [9.17, 15) is 0 Å². The number of rotatable bonds is 2. The zero-order valence-corrected chi connectivity index (χ0v) is 11.7. The highest BCUT2D eigenvalue weighted by Gasteiger charge is 2.20. The summed E-state index contributed by atoms with van der Waals surface area (Å²) in [6, 6.07) is 7.12. The van der Waals surface area contributed by atoms with Crippen LogP contribution in [-0.4, -0.2) is 0 Å². The number of hydrogen-bond donors (Lipinski definition) is 0. The molecule has 84 valence electrons. The maximum Gasteiger partial charge on any atom is 0.0971 e. The number of halogens is 4. The van der Waals surface area contributed by atoms with E-state index in [-0.39, 0.29) is 0 Å². The van der Waals surface area contributed by atoms with E-state index in [0.717, 1.165) is 4.88 Å². The fraction of sp³-hybridized carbons (Fsp3) is 0.0909. The molecule has 0 saturated heterocycles. The molecule has 1 aromatic carbocycles. The van der Waals surface area contributed by atoms with Crippen molar-refractivity contribution in [3.8, 4) is 0 Å². The molecule has 2 aromatic rings. The van der Waals surface area contributed by atoms with Crippen LogP contribution in [0.5, 0.6) is 0 Å². The van der Waals surface area contributed by atoms with Crippen LogP contribution in [0.3, 0.4) is 0 Å². The Morgan fingerprint density at radius 1 is 0.938 bits per heavy atom. The van der Waals surface area contributed by atoms with Crippen LogP contribution in [0.15, 0.2) is 29.6 Å². The second-order valence-electron chi connectivity index (χ2n) is 3.13. The lowest BCUT2D eigenvalue weighted by molar-refractivity contribution is 1.18. The summed E-state index contributed by atoms with van der Waals surface area (Å²) < 4.78 is 0. The Balaban J connectivity index is 2.49. The second-order valence-corrected chi connectivity index (χ2v) is 5.74. The first-order chi connectivity index (χ1) is 7.61. The van der Waals surface area contributed by atoms with Crippen LogP contribution >= 0.6 is 57.7 Å². The van der Waals surface area contributed by atoms with Crippen LogP contribution in [0.2, 0.25) is 15.1 Å². The molecule has 1 unspecified atom stereocenters. The average Bonchev–Trinajstić information content (AvgIpc) is 2.64. The van der Waals surface area contributed by atoms with E-state index in [0.29, 0.717) is 20.6 Å². The van der Waals surface area contributed by atoms with Gasteiger partial charge in [0, 0.05) is 20.5 Å². The van der Waals surface area contributed by atoms with Crippen LogP contribution in [0.1, 0.15) is 15.8 Å². The number of hydrogen-bond acceptors (Lipinski definition) is 1. The van der Waals surface area contributed by atoms with Crippen LogP contribution < -0.4 is 0 Å². The van der Waals surface area contributed by atoms with Gasteiger partial charge >= 0.3 is 0 Å². The molecule has 0 amide bonds. The highest BCUT2D eigenvalue weighted by Crippen LogP contribution is 2.42. The minimum atomic E-state index is -0.409. The van der Waals surface area contributed by atoms with Crippen LogP contribution in [-0.2, 0) is 0 Å². The van der Waals surface area contributed by atoms with Gasteiger partial charge < -0.3 is 0 Å². The summed E-state index contributed by atoms with van der Waals surface area (Å²) in [5.41, 5.74) is 0.705. The molecule has 0 bridgehead atoms. The van der Waals surface area contributed by atoms with Gasteiger partial charge in [-0.1, -0.05) is 40.9 Å². The first-order valence-corrected chi connectivity index (χ1v) is 6.87. The number of thiophene rings is 1. The first kappa shape index (κ1) is 12.5. The van der Waals surface area contributed by atoms with Gasteiger partial charge in [-0.25, -0.2) is 0 Å². The SMILES string of the molecule is Clc1ccsc1C(Cl)c1c(Cl)cccc1Cl. The van der Waals surface area contributed by atoms with Crippen molar-refractivity contribution in [3.05, 3.63) is 55.2 Å². The molecule has 16 heavy (non-hydrogen) atoms. The molecule has 0 fully saturated rings.